The molecule has 0 bridgehead atoms. The summed E-state index contributed by atoms with van der Waals surface area (Å²) in [6.45, 7) is 0.914. The van der Waals surface area contributed by atoms with E-state index in [0.717, 1.165) is 11.4 Å². The molecular formula is C13H15ClN6O. The van der Waals surface area contributed by atoms with Gasteiger partial charge in [0.05, 0.1) is 36.6 Å². The van der Waals surface area contributed by atoms with Crippen molar-refractivity contribution in [2.75, 3.05) is 18.1 Å². The molecule has 3 rings (SSSR count). The summed E-state index contributed by atoms with van der Waals surface area (Å²) >= 11 is 6.25. The molecule has 1 unspecified atom stereocenters. The number of nitrogens with zero attached hydrogens (tertiary/aromatic N) is 5. The number of para-hydroxylation sites is 1. The molecule has 21 heavy (non-hydrogen) atoms. The molecule has 2 aromatic rings. The van der Waals surface area contributed by atoms with E-state index in [9.17, 15) is 0 Å². The van der Waals surface area contributed by atoms with Crippen molar-refractivity contribution in [2.45, 2.75) is 12.6 Å². The van der Waals surface area contributed by atoms with E-state index in [-0.39, 0.29) is 12.6 Å². The number of aliphatic hydroxyl groups excluding tert-OH is 1. The topological polar surface area (TPSA) is 92.6 Å². The molecule has 0 radical (unpaired) electrons. The number of guanidine groups is 1. The summed E-state index contributed by atoms with van der Waals surface area (Å²) in [4.78, 5) is 6.14. The predicted molar refractivity (Wildman–Crippen MR) is 80.3 cm³/mol. The predicted octanol–water partition coefficient (Wildman–Crippen LogP) is 0.800. The molecular weight excluding hydrogens is 292 g/mol. The van der Waals surface area contributed by atoms with Crippen LogP contribution in [0.3, 0.4) is 0 Å². The molecule has 110 valence electrons. The van der Waals surface area contributed by atoms with Crippen LogP contribution in [0.15, 0.2) is 35.5 Å². The summed E-state index contributed by atoms with van der Waals surface area (Å²) in [6.07, 6.45) is 1.79. The minimum absolute atomic E-state index is 0.0142. The molecule has 1 aromatic heterocycles. The lowest BCUT2D eigenvalue weighted by atomic mass is 10.2. The molecule has 3 N–H and O–H groups in total. The highest BCUT2D eigenvalue weighted by Crippen LogP contribution is 2.34. The Morgan fingerprint density at radius 3 is 2.95 bits per heavy atom. The van der Waals surface area contributed by atoms with Crippen LogP contribution in [-0.2, 0) is 6.54 Å². The Labute approximate surface area is 126 Å². The molecule has 0 saturated heterocycles. The summed E-state index contributed by atoms with van der Waals surface area (Å²) in [6, 6.07) is 7.31. The fourth-order valence-corrected chi connectivity index (χ4v) is 2.57. The number of anilines is 1. The maximum atomic E-state index is 8.94. The van der Waals surface area contributed by atoms with Gasteiger partial charge in [0.2, 0.25) is 0 Å². The maximum Gasteiger partial charge on any atom is 0.196 e. The van der Waals surface area contributed by atoms with Crippen molar-refractivity contribution in [1.82, 2.24) is 15.0 Å². The van der Waals surface area contributed by atoms with Gasteiger partial charge in [0.15, 0.2) is 5.96 Å². The van der Waals surface area contributed by atoms with E-state index in [1.807, 2.05) is 29.2 Å². The van der Waals surface area contributed by atoms with Crippen molar-refractivity contribution in [1.29, 1.82) is 0 Å². The van der Waals surface area contributed by atoms with Crippen LogP contribution in [0, 0.1) is 0 Å². The third-order valence-corrected chi connectivity index (χ3v) is 3.64. The van der Waals surface area contributed by atoms with Crippen LogP contribution < -0.4 is 10.6 Å². The van der Waals surface area contributed by atoms with E-state index in [1.165, 1.54) is 0 Å². The smallest absolute Gasteiger partial charge is 0.196 e. The largest absolute Gasteiger partial charge is 0.394 e. The van der Waals surface area contributed by atoms with Gasteiger partial charge < -0.3 is 15.7 Å². The first kappa shape index (κ1) is 13.8. The van der Waals surface area contributed by atoms with Crippen LogP contribution in [0.25, 0.3) is 0 Å². The molecule has 0 fully saturated rings. The molecule has 0 amide bonds. The molecule has 0 saturated carbocycles. The second kappa shape index (κ2) is 5.71. The van der Waals surface area contributed by atoms with Crippen LogP contribution in [0.2, 0.25) is 5.02 Å². The number of aliphatic hydroxyl groups is 1. The molecule has 2 heterocycles. The Kier molecular flexibility index (Phi) is 3.76. The zero-order chi connectivity index (χ0) is 14.8. The molecule has 7 nitrogen and oxygen atoms in total. The summed E-state index contributed by atoms with van der Waals surface area (Å²) in [5.74, 6) is 0.407. The molecule has 1 atom stereocenters. The average Bonchev–Trinajstić information content (AvgIpc) is 3.07. The van der Waals surface area contributed by atoms with Gasteiger partial charge in [-0.1, -0.05) is 28.9 Å². The lowest BCUT2D eigenvalue weighted by Crippen LogP contribution is -2.36. The first-order valence-corrected chi connectivity index (χ1v) is 6.93. The number of halogens is 1. The highest BCUT2D eigenvalue weighted by atomic mass is 35.5. The molecule has 1 aliphatic rings. The number of aliphatic imine (C=N–C) groups is 1. The molecule has 1 aromatic carbocycles. The van der Waals surface area contributed by atoms with E-state index in [1.54, 1.807) is 10.9 Å². The van der Waals surface area contributed by atoms with Gasteiger partial charge in [-0.25, -0.2) is 4.68 Å². The van der Waals surface area contributed by atoms with Crippen LogP contribution in [0.5, 0.6) is 0 Å². The number of rotatable bonds is 4. The molecule has 0 spiro atoms. The van der Waals surface area contributed by atoms with Gasteiger partial charge >= 0.3 is 0 Å². The van der Waals surface area contributed by atoms with Crippen LogP contribution in [-0.4, -0.2) is 39.2 Å². The lowest BCUT2D eigenvalue weighted by Gasteiger charge is -2.25. The van der Waals surface area contributed by atoms with Crippen LogP contribution >= 0.6 is 11.6 Å². The number of benzene rings is 1. The second-order valence-electron chi connectivity index (χ2n) is 4.67. The summed E-state index contributed by atoms with van der Waals surface area (Å²) in [5, 5.41) is 17.7. The van der Waals surface area contributed by atoms with Gasteiger partial charge in [-0.15, -0.1) is 5.10 Å². The Hall–Kier alpha value is -2.12. The number of aromatic nitrogens is 3. The van der Waals surface area contributed by atoms with E-state index in [2.05, 4.69) is 15.3 Å². The highest BCUT2D eigenvalue weighted by molar-refractivity contribution is 6.33. The second-order valence-corrected chi connectivity index (χ2v) is 5.07. The van der Waals surface area contributed by atoms with E-state index in [4.69, 9.17) is 22.4 Å². The third kappa shape index (κ3) is 2.57. The third-order valence-electron chi connectivity index (χ3n) is 3.32. The van der Waals surface area contributed by atoms with Crippen molar-refractivity contribution in [2.24, 2.45) is 10.7 Å². The van der Waals surface area contributed by atoms with Gasteiger partial charge in [-0.05, 0) is 12.1 Å². The molecule has 1 aliphatic heterocycles. The Balaban J connectivity index is 1.93. The van der Waals surface area contributed by atoms with Gasteiger partial charge in [-0.2, -0.15) is 0 Å². The first-order valence-electron chi connectivity index (χ1n) is 6.55. The summed E-state index contributed by atoms with van der Waals surface area (Å²) in [5.41, 5.74) is 7.53. The summed E-state index contributed by atoms with van der Waals surface area (Å²) < 4.78 is 1.59. The highest BCUT2D eigenvalue weighted by Gasteiger charge is 2.32. The fourth-order valence-electron chi connectivity index (χ4n) is 2.34. The van der Waals surface area contributed by atoms with Crippen molar-refractivity contribution in [3.05, 3.63) is 41.2 Å². The van der Waals surface area contributed by atoms with Crippen molar-refractivity contribution >= 4 is 23.2 Å². The number of nitrogens with two attached hydrogens (primary N) is 1. The standard InChI is InChI=1S/C13H15ClN6O/c14-9-3-1-2-4-11(9)20-12(7-16-13(20)15)10-8-19(5-6-21)18-17-10/h1-4,8,12,21H,5-7H2,(H2,15,16). The average molecular weight is 307 g/mol. The van der Waals surface area contributed by atoms with Gasteiger partial charge in [0, 0.05) is 0 Å². The van der Waals surface area contributed by atoms with Gasteiger partial charge in [-0.3, -0.25) is 4.99 Å². The Morgan fingerprint density at radius 2 is 2.19 bits per heavy atom. The Bertz CT molecular complexity index is 670. The van der Waals surface area contributed by atoms with Crippen molar-refractivity contribution in [3.8, 4) is 0 Å². The quantitative estimate of drug-likeness (QED) is 0.871. The summed E-state index contributed by atoms with van der Waals surface area (Å²) in [7, 11) is 0. The molecule has 0 aliphatic carbocycles. The maximum absolute atomic E-state index is 8.94. The number of hydrogen-bond acceptors (Lipinski definition) is 6. The molecule has 8 heteroatoms. The fraction of sp³-hybridized carbons (Fsp3) is 0.308. The van der Waals surface area contributed by atoms with Crippen LogP contribution in [0.1, 0.15) is 11.7 Å². The number of hydrogen-bond donors (Lipinski definition) is 2. The van der Waals surface area contributed by atoms with Crippen LogP contribution in [0.4, 0.5) is 5.69 Å². The zero-order valence-corrected chi connectivity index (χ0v) is 12.0. The van der Waals surface area contributed by atoms with E-state index >= 15 is 0 Å². The Morgan fingerprint density at radius 1 is 1.38 bits per heavy atom. The normalized spacial score (nSPS) is 18.1. The lowest BCUT2D eigenvalue weighted by molar-refractivity contribution is 0.268. The zero-order valence-electron chi connectivity index (χ0n) is 11.2. The van der Waals surface area contributed by atoms with Crippen molar-refractivity contribution in [3.63, 3.8) is 0 Å². The van der Waals surface area contributed by atoms with E-state index < -0.39 is 0 Å². The first-order chi connectivity index (χ1) is 10.2. The van der Waals surface area contributed by atoms with Crippen molar-refractivity contribution < 1.29 is 5.11 Å². The minimum atomic E-state index is -0.141. The minimum Gasteiger partial charge on any atom is -0.394 e. The van der Waals surface area contributed by atoms with E-state index in [0.29, 0.717) is 24.1 Å². The monoisotopic (exact) mass is 306 g/mol. The van der Waals surface area contributed by atoms with Gasteiger partial charge in [0.25, 0.3) is 0 Å². The van der Waals surface area contributed by atoms with Gasteiger partial charge in [0.1, 0.15) is 11.7 Å². The SMILES string of the molecule is NC1=NCC(c2cn(CCO)nn2)N1c1ccccc1Cl.